The first-order chi connectivity index (χ1) is 13.5. The summed E-state index contributed by atoms with van der Waals surface area (Å²) < 4.78 is 5.32. The molecule has 1 atom stereocenters. The highest BCUT2D eigenvalue weighted by Gasteiger charge is 2.22. The molecule has 0 unspecified atom stereocenters. The third-order valence-corrected chi connectivity index (χ3v) is 4.38. The van der Waals surface area contributed by atoms with E-state index >= 15 is 0 Å². The van der Waals surface area contributed by atoms with Crippen molar-refractivity contribution < 1.29 is 19.1 Å². The van der Waals surface area contributed by atoms with E-state index in [-0.39, 0.29) is 11.7 Å². The van der Waals surface area contributed by atoms with Crippen molar-refractivity contribution in [1.82, 2.24) is 0 Å². The Morgan fingerprint density at radius 3 is 1.90 bits per heavy atom. The van der Waals surface area contributed by atoms with Crippen molar-refractivity contribution in [2.45, 2.75) is 33.8 Å². The second-order valence-electron chi connectivity index (χ2n) is 8.13. The van der Waals surface area contributed by atoms with Crippen LogP contribution in [-0.2, 0) is 9.53 Å². The van der Waals surface area contributed by atoms with Gasteiger partial charge in [0.2, 0.25) is 11.7 Å². The average molecular weight is 396 g/mol. The van der Waals surface area contributed by atoms with Gasteiger partial charge in [-0.15, -0.1) is 0 Å². The van der Waals surface area contributed by atoms with Gasteiger partial charge in [0.05, 0.1) is 5.56 Å². The molecule has 2 rings (SSSR count). The van der Waals surface area contributed by atoms with Crippen molar-refractivity contribution in [2.75, 3.05) is 24.3 Å². The number of hydrogen-bond acceptors (Lipinski definition) is 5. The number of carbonyl (C=O) groups is 3. The highest BCUT2D eigenvalue weighted by molar-refractivity contribution is 6.02. The van der Waals surface area contributed by atoms with Gasteiger partial charge in [0.15, 0.2) is 6.10 Å². The Morgan fingerprint density at radius 2 is 1.41 bits per heavy atom. The van der Waals surface area contributed by atoms with Crippen LogP contribution in [0.2, 0.25) is 0 Å². The van der Waals surface area contributed by atoms with Crippen molar-refractivity contribution in [3.8, 4) is 0 Å². The van der Waals surface area contributed by atoms with Gasteiger partial charge in [0, 0.05) is 36.4 Å². The van der Waals surface area contributed by atoms with Crippen LogP contribution >= 0.6 is 0 Å². The Hall–Kier alpha value is -3.15. The largest absolute Gasteiger partial charge is 0.451 e. The summed E-state index contributed by atoms with van der Waals surface area (Å²) >= 11 is 0. The molecule has 1 amide bonds. The zero-order valence-corrected chi connectivity index (χ0v) is 17.8. The Balaban J connectivity index is 2.00. The van der Waals surface area contributed by atoms with E-state index in [1.54, 1.807) is 43.3 Å². The number of esters is 1. The van der Waals surface area contributed by atoms with Crippen molar-refractivity contribution in [3.05, 3.63) is 59.7 Å². The fourth-order valence-corrected chi connectivity index (χ4v) is 2.45. The smallest absolute Gasteiger partial charge is 0.338 e. The van der Waals surface area contributed by atoms with Gasteiger partial charge < -0.3 is 15.0 Å². The second-order valence-corrected chi connectivity index (χ2v) is 8.13. The minimum atomic E-state index is -0.925. The van der Waals surface area contributed by atoms with Gasteiger partial charge in [-0.1, -0.05) is 20.8 Å². The van der Waals surface area contributed by atoms with Gasteiger partial charge >= 0.3 is 5.97 Å². The second kappa shape index (κ2) is 8.90. The lowest BCUT2D eigenvalue weighted by Crippen LogP contribution is -2.27. The molecule has 154 valence electrons. The van der Waals surface area contributed by atoms with E-state index in [2.05, 4.69) is 5.32 Å². The van der Waals surface area contributed by atoms with Crippen LogP contribution in [0.3, 0.4) is 0 Å². The van der Waals surface area contributed by atoms with Crippen LogP contribution in [0, 0.1) is 5.41 Å². The quantitative estimate of drug-likeness (QED) is 0.586. The highest BCUT2D eigenvalue weighted by atomic mass is 16.5. The monoisotopic (exact) mass is 396 g/mol. The molecule has 6 heteroatoms. The first-order valence-corrected chi connectivity index (χ1v) is 9.43. The van der Waals surface area contributed by atoms with Gasteiger partial charge in [-0.3, -0.25) is 9.59 Å². The van der Waals surface area contributed by atoms with Crippen molar-refractivity contribution >= 4 is 29.0 Å². The normalized spacial score (nSPS) is 12.1. The van der Waals surface area contributed by atoms with Crippen LogP contribution in [0.15, 0.2) is 48.5 Å². The number of rotatable bonds is 6. The maximum Gasteiger partial charge on any atom is 0.338 e. The van der Waals surface area contributed by atoms with E-state index in [1.807, 2.05) is 51.9 Å². The number of anilines is 2. The van der Waals surface area contributed by atoms with Crippen LogP contribution in [0.25, 0.3) is 0 Å². The van der Waals surface area contributed by atoms with Crippen molar-refractivity contribution in [1.29, 1.82) is 0 Å². The van der Waals surface area contributed by atoms with E-state index in [0.29, 0.717) is 16.8 Å². The van der Waals surface area contributed by atoms with Crippen LogP contribution in [0.4, 0.5) is 11.4 Å². The van der Waals surface area contributed by atoms with Crippen LogP contribution in [0.1, 0.15) is 48.4 Å². The average Bonchev–Trinajstić information content (AvgIpc) is 2.67. The minimum absolute atomic E-state index is 0.112. The van der Waals surface area contributed by atoms with Gasteiger partial charge in [-0.2, -0.15) is 0 Å². The molecule has 2 aromatic carbocycles. The predicted octanol–water partition coefficient (Wildman–Crippen LogP) is 4.17. The summed E-state index contributed by atoms with van der Waals surface area (Å²) in [4.78, 5) is 38.8. The topological polar surface area (TPSA) is 75.7 Å². The maximum absolute atomic E-state index is 12.6. The summed E-state index contributed by atoms with van der Waals surface area (Å²) in [6, 6.07) is 13.5. The first-order valence-electron chi connectivity index (χ1n) is 9.43. The predicted molar refractivity (Wildman–Crippen MR) is 115 cm³/mol. The molecule has 29 heavy (non-hydrogen) atoms. The molecule has 0 spiro atoms. The molecule has 0 saturated heterocycles. The van der Waals surface area contributed by atoms with E-state index in [4.69, 9.17) is 4.74 Å². The molecule has 2 aromatic rings. The van der Waals surface area contributed by atoms with E-state index in [1.165, 1.54) is 0 Å². The molecule has 0 aliphatic carbocycles. The molecule has 0 heterocycles. The SMILES string of the molecule is C[C@H](OC(=O)c1ccc(N(C)C)cc1)C(=O)c1ccc(NC(=O)C(C)(C)C)cc1. The molecular formula is C23H28N2O4. The molecule has 6 nitrogen and oxygen atoms in total. The lowest BCUT2D eigenvalue weighted by Gasteiger charge is -2.18. The molecular weight excluding hydrogens is 368 g/mol. The number of ketones is 1. The number of amides is 1. The zero-order valence-electron chi connectivity index (χ0n) is 17.8. The Labute approximate surface area is 171 Å². The Bertz CT molecular complexity index is 879. The summed E-state index contributed by atoms with van der Waals surface area (Å²) in [6.45, 7) is 7.02. The fraction of sp³-hybridized carbons (Fsp3) is 0.348. The highest BCUT2D eigenvalue weighted by Crippen LogP contribution is 2.19. The molecule has 0 radical (unpaired) electrons. The lowest BCUT2D eigenvalue weighted by molar-refractivity contribution is -0.123. The molecule has 0 aliphatic heterocycles. The number of nitrogens with one attached hydrogen (secondary N) is 1. The van der Waals surface area contributed by atoms with Crippen LogP contribution < -0.4 is 10.2 Å². The number of carbonyl (C=O) groups excluding carboxylic acids is 3. The number of benzene rings is 2. The van der Waals surface area contributed by atoms with E-state index in [9.17, 15) is 14.4 Å². The first kappa shape index (κ1) is 22.1. The van der Waals surface area contributed by atoms with Crippen molar-refractivity contribution in [2.24, 2.45) is 5.41 Å². The number of Topliss-reactive ketones (excluding diaryl/α,β-unsaturated/α-hetero) is 1. The molecule has 0 aliphatic rings. The minimum Gasteiger partial charge on any atom is -0.451 e. The molecule has 1 N–H and O–H groups in total. The van der Waals surface area contributed by atoms with E-state index in [0.717, 1.165) is 5.69 Å². The fourth-order valence-electron chi connectivity index (χ4n) is 2.45. The standard InChI is InChI=1S/C23H28N2O4/c1-15(29-21(27)17-9-13-19(14-10-17)25(5)6)20(26)16-7-11-18(12-8-16)24-22(28)23(2,3)4/h7-15H,1-6H3,(H,24,28)/t15-/m0/s1. The summed E-state index contributed by atoms with van der Waals surface area (Å²) in [6.07, 6.45) is -0.925. The van der Waals surface area contributed by atoms with Crippen LogP contribution in [-0.4, -0.2) is 37.9 Å². The van der Waals surface area contributed by atoms with Crippen molar-refractivity contribution in [3.63, 3.8) is 0 Å². The Kier molecular flexibility index (Phi) is 6.80. The zero-order chi connectivity index (χ0) is 21.8. The number of nitrogens with zero attached hydrogens (tertiary/aromatic N) is 1. The molecule has 0 saturated carbocycles. The third-order valence-electron chi connectivity index (χ3n) is 4.38. The summed E-state index contributed by atoms with van der Waals surface area (Å²) in [7, 11) is 3.82. The lowest BCUT2D eigenvalue weighted by atomic mass is 9.95. The van der Waals surface area contributed by atoms with Gasteiger partial charge in [-0.05, 0) is 55.5 Å². The van der Waals surface area contributed by atoms with Gasteiger partial charge in [0.1, 0.15) is 0 Å². The summed E-state index contributed by atoms with van der Waals surface area (Å²) in [5.74, 6) is -0.971. The summed E-state index contributed by atoms with van der Waals surface area (Å²) in [5.41, 5.74) is 1.84. The van der Waals surface area contributed by atoms with E-state index < -0.39 is 17.5 Å². The van der Waals surface area contributed by atoms with Gasteiger partial charge in [-0.25, -0.2) is 4.79 Å². The summed E-state index contributed by atoms with van der Waals surface area (Å²) in [5, 5.41) is 2.80. The molecule has 0 bridgehead atoms. The third kappa shape index (κ3) is 5.91. The number of hydrogen-bond donors (Lipinski definition) is 1. The number of ether oxygens (including phenoxy) is 1. The van der Waals surface area contributed by atoms with Crippen LogP contribution in [0.5, 0.6) is 0 Å². The molecule has 0 aromatic heterocycles. The van der Waals surface area contributed by atoms with Gasteiger partial charge in [0.25, 0.3) is 0 Å². The molecule has 0 fully saturated rings. The Morgan fingerprint density at radius 1 is 0.897 bits per heavy atom. The maximum atomic E-state index is 12.6.